The van der Waals surface area contributed by atoms with Crippen LogP contribution in [0.2, 0.25) is 0 Å². The van der Waals surface area contributed by atoms with Gasteiger partial charge >= 0.3 is 0 Å². The highest BCUT2D eigenvalue weighted by atomic mass is 15.2. The molecule has 0 aromatic heterocycles. The lowest BCUT2D eigenvalue weighted by Gasteiger charge is -2.26. The number of nitrogens with zero attached hydrogens (tertiary/aromatic N) is 1. The molecule has 0 bridgehead atoms. The third kappa shape index (κ3) is 3.95. The van der Waals surface area contributed by atoms with Crippen LogP contribution in [0.4, 0.5) is 5.69 Å². The van der Waals surface area contributed by atoms with Gasteiger partial charge in [0.1, 0.15) is 0 Å². The van der Waals surface area contributed by atoms with Crippen molar-refractivity contribution in [2.24, 2.45) is 11.8 Å². The summed E-state index contributed by atoms with van der Waals surface area (Å²) in [5, 5.41) is 0. The zero-order chi connectivity index (χ0) is 13.7. The molecule has 0 heterocycles. The van der Waals surface area contributed by atoms with Crippen molar-refractivity contribution in [3.8, 4) is 0 Å². The number of nitrogens with one attached hydrogen (secondary N) is 1. The molecule has 0 saturated heterocycles. The summed E-state index contributed by atoms with van der Waals surface area (Å²) in [6, 6.07) is 9.02. The predicted molar refractivity (Wildman–Crippen MR) is 82.0 cm³/mol. The van der Waals surface area contributed by atoms with E-state index in [1.165, 1.54) is 43.4 Å². The Labute approximate surface area is 117 Å². The van der Waals surface area contributed by atoms with Crippen molar-refractivity contribution in [1.29, 1.82) is 0 Å². The first-order chi connectivity index (χ1) is 9.20. The molecule has 0 aliphatic heterocycles. The number of hydrogen-bond donors (Lipinski definition) is 2. The van der Waals surface area contributed by atoms with Gasteiger partial charge in [0.15, 0.2) is 0 Å². The van der Waals surface area contributed by atoms with E-state index in [1.54, 1.807) is 0 Å². The van der Waals surface area contributed by atoms with Crippen molar-refractivity contribution in [2.45, 2.75) is 44.6 Å². The number of hydrazine groups is 1. The van der Waals surface area contributed by atoms with Gasteiger partial charge in [-0.15, -0.1) is 0 Å². The van der Waals surface area contributed by atoms with Crippen LogP contribution >= 0.6 is 0 Å². The minimum Gasteiger partial charge on any atom is -0.378 e. The largest absolute Gasteiger partial charge is 0.378 e. The number of rotatable bonds is 5. The number of hydrogen-bond acceptors (Lipinski definition) is 3. The van der Waals surface area contributed by atoms with Gasteiger partial charge in [-0.1, -0.05) is 44.2 Å². The molecule has 3 nitrogen and oxygen atoms in total. The molecule has 0 radical (unpaired) electrons. The standard InChI is InChI=1S/C16H27N3/c1-19(2)15-10-8-14(9-11-15)16(18-17)12-13-6-4-3-5-7-13/h8-11,13,16,18H,3-7,12,17H2,1-2H3. The Balaban J connectivity index is 1.99. The van der Waals surface area contributed by atoms with E-state index in [0.717, 1.165) is 12.3 Å². The lowest BCUT2D eigenvalue weighted by molar-refractivity contribution is 0.301. The fourth-order valence-electron chi connectivity index (χ4n) is 3.06. The van der Waals surface area contributed by atoms with Crippen LogP contribution in [0.25, 0.3) is 0 Å². The second-order valence-corrected chi connectivity index (χ2v) is 5.94. The molecule has 19 heavy (non-hydrogen) atoms. The van der Waals surface area contributed by atoms with Crippen LogP contribution in [-0.4, -0.2) is 14.1 Å². The summed E-state index contributed by atoms with van der Waals surface area (Å²) in [6.45, 7) is 0. The topological polar surface area (TPSA) is 41.3 Å². The summed E-state index contributed by atoms with van der Waals surface area (Å²) >= 11 is 0. The summed E-state index contributed by atoms with van der Waals surface area (Å²) in [4.78, 5) is 2.12. The Morgan fingerprint density at radius 3 is 2.32 bits per heavy atom. The Hall–Kier alpha value is -1.06. The van der Waals surface area contributed by atoms with Crippen molar-refractivity contribution in [1.82, 2.24) is 5.43 Å². The lowest BCUT2D eigenvalue weighted by Crippen LogP contribution is -2.30. The Morgan fingerprint density at radius 1 is 1.16 bits per heavy atom. The maximum Gasteiger partial charge on any atom is 0.0462 e. The van der Waals surface area contributed by atoms with E-state index in [9.17, 15) is 0 Å². The van der Waals surface area contributed by atoms with Gasteiger partial charge in [-0.2, -0.15) is 0 Å². The fourth-order valence-corrected chi connectivity index (χ4v) is 3.06. The first kappa shape index (κ1) is 14.4. The van der Waals surface area contributed by atoms with Gasteiger partial charge in [-0.3, -0.25) is 11.3 Å². The third-order valence-electron chi connectivity index (χ3n) is 4.31. The summed E-state index contributed by atoms with van der Waals surface area (Å²) in [5.74, 6) is 6.60. The summed E-state index contributed by atoms with van der Waals surface area (Å²) in [7, 11) is 4.13. The molecule has 1 aliphatic rings. The molecule has 1 aliphatic carbocycles. The highest BCUT2D eigenvalue weighted by molar-refractivity contribution is 5.46. The molecule has 1 aromatic carbocycles. The summed E-state index contributed by atoms with van der Waals surface area (Å²) in [6.07, 6.45) is 8.09. The van der Waals surface area contributed by atoms with Crippen LogP contribution in [0.3, 0.4) is 0 Å². The van der Waals surface area contributed by atoms with Crippen molar-refractivity contribution in [3.63, 3.8) is 0 Å². The van der Waals surface area contributed by atoms with Gasteiger partial charge in [0.25, 0.3) is 0 Å². The third-order valence-corrected chi connectivity index (χ3v) is 4.31. The maximum atomic E-state index is 5.76. The van der Waals surface area contributed by atoms with Crippen LogP contribution in [0.1, 0.15) is 50.1 Å². The molecular formula is C16H27N3. The number of nitrogens with two attached hydrogens (primary N) is 1. The molecule has 0 amide bonds. The molecule has 1 atom stereocenters. The van der Waals surface area contributed by atoms with Gasteiger partial charge in [0.2, 0.25) is 0 Å². The average molecular weight is 261 g/mol. The molecule has 1 saturated carbocycles. The normalized spacial score (nSPS) is 18.3. The smallest absolute Gasteiger partial charge is 0.0462 e. The number of benzene rings is 1. The van der Waals surface area contributed by atoms with Gasteiger partial charge in [0, 0.05) is 25.8 Å². The minimum atomic E-state index is 0.291. The van der Waals surface area contributed by atoms with E-state index >= 15 is 0 Å². The molecule has 106 valence electrons. The summed E-state index contributed by atoms with van der Waals surface area (Å²) in [5.41, 5.74) is 5.54. The van der Waals surface area contributed by atoms with E-state index < -0.39 is 0 Å². The van der Waals surface area contributed by atoms with Gasteiger partial charge in [-0.25, -0.2) is 0 Å². The molecule has 1 fully saturated rings. The Kier molecular flexibility index (Phi) is 5.23. The molecular weight excluding hydrogens is 234 g/mol. The lowest BCUT2D eigenvalue weighted by atomic mass is 9.83. The van der Waals surface area contributed by atoms with Gasteiger partial charge in [-0.05, 0) is 30.0 Å². The highest BCUT2D eigenvalue weighted by Crippen LogP contribution is 2.31. The van der Waals surface area contributed by atoms with E-state index in [4.69, 9.17) is 5.84 Å². The Bertz CT molecular complexity index is 366. The van der Waals surface area contributed by atoms with Crippen LogP contribution in [0.5, 0.6) is 0 Å². The monoisotopic (exact) mass is 261 g/mol. The van der Waals surface area contributed by atoms with Crippen molar-refractivity contribution >= 4 is 5.69 Å². The number of anilines is 1. The molecule has 1 aromatic rings. The van der Waals surface area contributed by atoms with Crippen LogP contribution < -0.4 is 16.2 Å². The van der Waals surface area contributed by atoms with Gasteiger partial charge in [0.05, 0.1) is 0 Å². The van der Waals surface area contributed by atoms with Crippen LogP contribution in [0, 0.1) is 5.92 Å². The highest BCUT2D eigenvalue weighted by Gasteiger charge is 2.19. The second kappa shape index (κ2) is 6.92. The summed E-state index contributed by atoms with van der Waals surface area (Å²) < 4.78 is 0. The van der Waals surface area contributed by atoms with Crippen molar-refractivity contribution in [2.75, 3.05) is 19.0 Å². The fraction of sp³-hybridized carbons (Fsp3) is 0.625. The SMILES string of the molecule is CN(C)c1ccc(C(CC2CCCCC2)NN)cc1. The second-order valence-electron chi connectivity index (χ2n) is 5.94. The first-order valence-corrected chi connectivity index (χ1v) is 7.44. The molecule has 3 heteroatoms. The molecule has 1 unspecified atom stereocenters. The van der Waals surface area contributed by atoms with E-state index in [2.05, 4.69) is 48.7 Å². The molecule has 0 spiro atoms. The molecule has 3 N–H and O–H groups in total. The van der Waals surface area contributed by atoms with Crippen LogP contribution in [-0.2, 0) is 0 Å². The van der Waals surface area contributed by atoms with Gasteiger partial charge < -0.3 is 4.90 Å². The van der Waals surface area contributed by atoms with E-state index in [1.807, 2.05) is 0 Å². The van der Waals surface area contributed by atoms with Crippen molar-refractivity contribution in [3.05, 3.63) is 29.8 Å². The maximum absolute atomic E-state index is 5.76. The molecule has 2 rings (SSSR count). The zero-order valence-corrected chi connectivity index (χ0v) is 12.2. The minimum absolute atomic E-state index is 0.291. The zero-order valence-electron chi connectivity index (χ0n) is 12.2. The first-order valence-electron chi connectivity index (χ1n) is 7.44. The quantitative estimate of drug-likeness (QED) is 0.631. The predicted octanol–water partition coefficient (Wildman–Crippen LogP) is 3.23. The van der Waals surface area contributed by atoms with Crippen LogP contribution in [0.15, 0.2) is 24.3 Å². The van der Waals surface area contributed by atoms with E-state index in [-0.39, 0.29) is 0 Å². The Morgan fingerprint density at radius 2 is 1.79 bits per heavy atom. The van der Waals surface area contributed by atoms with Crippen molar-refractivity contribution < 1.29 is 0 Å². The average Bonchev–Trinajstić information content (AvgIpc) is 2.46. The van der Waals surface area contributed by atoms with E-state index in [0.29, 0.717) is 6.04 Å².